The van der Waals surface area contributed by atoms with Gasteiger partial charge in [0.05, 0.1) is 0 Å². The lowest BCUT2D eigenvalue weighted by Gasteiger charge is -2.16. The lowest BCUT2D eigenvalue weighted by atomic mass is 9.84. The number of aromatic nitrogens is 4. The molecule has 4 aromatic heterocycles. The van der Waals surface area contributed by atoms with Crippen LogP contribution in [-0.2, 0) is 0 Å². The molecule has 4 heterocycles. The number of fused-ring (bicyclic) bond motifs is 22. The third-order valence-corrected chi connectivity index (χ3v) is 23.8. The summed E-state index contributed by atoms with van der Waals surface area (Å²) in [4.78, 5) is 135. The van der Waals surface area contributed by atoms with Crippen molar-refractivity contribution in [1.29, 1.82) is 0 Å². The van der Waals surface area contributed by atoms with Crippen LogP contribution >= 0.6 is 0 Å². The highest BCUT2D eigenvalue weighted by molar-refractivity contribution is 6.32. The third kappa shape index (κ3) is 16.1. The first-order valence-electron chi connectivity index (χ1n) is 42.9. The number of para-hydroxylation sites is 8. The van der Waals surface area contributed by atoms with E-state index < -0.39 is 0 Å². The number of hydrogen-bond acceptors (Lipinski definition) is 10. The molecule has 0 atom stereocenters. The smallest absolute Gasteiger partial charge is 0.194 e. The molecule has 628 valence electrons. The summed E-state index contributed by atoms with van der Waals surface area (Å²) < 4.78 is 0. The summed E-state index contributed by atoms with van der Waals surface area (Å²) in [7, 11) is 0. The van der Waals surface area contributed by atoms with Crippen LogP contribution in [0.2, 0.25) is 0 Å². The molecule has 5 aliphatic carbocycles. The van der Waals surface area contributed by atoms with E-state index in [0.717, 1.165) is 0 Å². The van der Waals surface area contributed by atoms with Gasteiger partial charge in [-0.25, -0.2) is 0 Å². The number of nitrogens with one attached hydrogen (secondary N) is 4. The van der Waals surface area contributed by atoms with E-state index in [2.05, 4.69) is 214 Å². The molecule has 0 unspecified atom stereocenters. The fourth-order valence-electron chi connectivity index (χ4n) is 17.4. The summed E-state index contributed by atoms with van der Waals surface area (Å²) in [5.74, 6) is -0.641. The molecule has 0 radical (unpaired) electrons. The second kappa shape index (κ2) is 36.8. The van der Waals surface area contributed by atoms with Gasteiger partial charge < -0.3 is 19.9 Å². The first kappa shape index (κ1) is 83.4. The fraction of sp³-hybridized carbons (Fsp3) is 0. The van der Waals surface area contributed by atoms with Crippen molar-refractivity contribution in [2.75, 3.05) is 0 Å². The van der Waals surface area contributed by atoms with Gasteiger partial charge >= 0.3 is 0 Å². The highest BCUT2D eigenvalue weighted by Crippen LogP contribution is 2.35. The maximum atomic E-state index is 12.1. The molecule has 0 fully saturated rings. The maximum Gasteiger partial charge on any atom is 0.194 e. The van der Waals surface area contributed by atoms with E-state index in [0.29, 0.717) is 111 Å². The fourth-order valence-corrected chi connectivity index (χ4v) is 17.4. The molecule has 0 spiro atoms. The van der Waals surface area contributed by atoms with Crippen LogP contribution in [0.1, 0.15) is 159 Å². The zero-order valence-electron chi connectivity index (χ0n) is 70.7. The van der Waals surface area contributed by atoms with Crippen LogP contribution in [-0.4, -0.2) is 77.8 Å². The van der Waals surface area contributed by atoms with Gasteiger partial charge in [0, 0.05) is 198 Å². The number of benzene rings is 18. The summed E-state index contributed by atoms with van der Waals surface area (Å²) in [6.45, 7) is 0. The Morgan fingerprint density at radius 2 is 0.159 bits per heavy atom. The molecule has 18 aromatic carbocycles. The molecular formula is C118H76N4O10. The van der Waals surface area contributed by atoms with Gasteiger partial charge in [-0.3, -0.25) is 47.9 Å². The molecule has 0 bridgehead atoms. The van der Waals surface area contributed by atoms with Gasteiger partial charge in [-0.1, -0.05) is 388 Å². The number of H-pyrrole nitrogens is 4. The van der Waals surface area contributed by atoms with Crippen LogP contribution in [0.15, 0.2) is 437 Å². The second-order valence-electron chi connectivity index (χ2n) is 31.6. The molecule has 0 amide bonds. The van der Waals surface area contributed by atoms with E-state index in [-0.39, 0.29) is 57.8 Å². The number of aromatic amines is 4. The lowest BCUT2D eigenvalue weighted by Crippen LogP contribution is -2.20. The number of hydrogen-bond donors (Lipinski definition) is 4. The van der Waals surface area contributed by atoms with Gasteiger partial charge in [0.25, 0.3) is 0 Å². The lowest BCUT2D eigenvalue weighted by molar-refractivity contribution is 0.0979. The predicted molar refractivity (Wildman–Crippen MR) is 522 cm³/mol. The molecule has 0 saturated heterocycles. The average molecular weight is 1710 g/mol. The van der Waals surface area contributed by atoms with E-state index in [1.165, 1.54) is 87.2 Å². The largest absolute Gasteiger partial charge is 0.355 e. The summed E-state index contributed by atoms with van der Waals surface area (Å²) in [6.07, 6.45) is 0. The van der Waals surface area contributed by atoms with Crippen LogP contribution in [0, 0.1) is 0 Å². The molecule has 22 aromatic rings. The monoisotopic (exact) mass is 1710 g/mol. The standard InChI is InChI=1S/5C14H8O2.4C12H9N/c5*15-13-9-5-1-2-6-10(9)14(16)12-8-4-3-7-11(12)13;4*1-3-7-11-9(5-1)10-6-2-4-8-12(10)13-11/h5*1-8H;4*1-8,13H. The quantitative estimate of drug-likeness (QED) is 0.112. The van der Waals surface area contributed by atoms with Crippen LogP contribution in [0.25, 0.3) is 87.2 Å². The molecule has 0 saturated carbocycles. The van der Waals surface area contributed by atoms with Crippen molar-refractivity contribution in [2.24, 2.45) is 0 Å². The van der Waals surface area contributed by atoms with Crippen LogP contribution in [0.3, 0.4) is 0 Å². The average Bonchev–Trinajstić information content (AvgIpc) is 1.69. The number of rotatable bonds is 0. The Kier molecular flexibility index (Phi) is 23.3. The Morgan fingerprint density at radius 1 is 0.0909 bits per heavy atom. The van der Waals surface area contributed by atoms with Crippen molar-refractivity contribution in [3.8, 4) is 0 Å². The topological polar surface area (TPSA) is 234 Å². The van der Waals surface area contributed by atoms with Crippen molar-refractivity contribution < 1.29 is 47.9 Å². The van der Waals surface area contributed by atoms with Crippen molar-refractivity contribution in [2.45, 2.75) is 0 Å². The van der Waals surface area contributed by atoms with Crippen molar-refractivity contribution in [1.82, 2.24) is 19.9 Å². The Morgan fingerprint density at radius 3 is 0.242 bits per heavy atom. The molecule has 27 rings (SSSR count). The Hall–Kier alpha value is -18.1. The molecule has 132 heavy (non-hydrogen) atoms. The number of ketones is 10. The molecule has 14 heteroatoms. The minimum atomic E-state index is -0.0641. The first-order valence-corrected chi connectivity index (χ1v) is 42.9. The van der Waals surface area contributed by atoms with Gasteiger partial charge in [-0.15, -0.1) is 0 Å². The van der Waals surface area contributed by atoms with E-state index in [1.807, 2.05) is 0 Å². The maximum absolute atomic E-state index is 12.1. The second-order valence-corrected chi connectivity index (χ2v) is 31.6. The van der Waals surface area contributed by atoms with Gasteiger partial charge in [0.2, 0.25) is 0 Å². The molecular weight excluding hydrogens is 1630 g/mol. The Balaban J connectivity index is 0.0000000960. The minimum absolute atomic E-state index is 0.0641. The van der Waals surface area contributed by atoms with E-state index >= 15 is 0 Å². The number of carbonyl (C=O) groups excluding carboxylic acids is 10. The molecule has 14 nitrogen and oxygen atoms in total. The minimum Gasteiger partial charge on any atom is -0.355 e. The zero-order chi connectivity index (χ0) is 90.3. The highest BCUT2D eigenvalue weighted by Gasteiger charge is 2.34. The van der Waals surface area contributed by atoms with E-state index in [9.17, 15) is 47.9 Å². The zero-order valence-corrected chi connectivity index (χ0v) is 70.7. The van der Waals surface area contributed by atoms with Crippen LogP contribution in [0.4, 0.5) is 0 Å². The van der Waals surface area contributed by atoms with Gasteiger partial charge in [-0.2, -0.15) is 0 Å². The third-order valence-electron chi connectivity index (χ3n) is 23.8. The van der Waals surface area contributed by atoms with Gasteiger partial charge in [0.1, 0.15) is 0 Å². The SMILES string of the molecule is O=C1c2ccccc2C(=O)c2ccccc21.O=C1c2ccccc2C(=O)c2ccccc21.O=C1c2ccccc2C(=O)c2ccccc21.O=C1c2ccccc2C(=O)c2ccccc21.O=C1c2ccccc2C(=O)c2ccccc21.c1ccc2c(c1)[nH]c1ccccc12.c1ccc2c(c1)[nH]c1ccccc12.c1ccc2c(c1)[nH]c1ccccc12.c1ccc2c(c1)[nH]c1ccccc12. The van der Waals surface area contributed by atoms with Crippen LogP contribution < -0.4 is 0 Å². The molecule has 4 N–H and O–H groups in total. The molecule has 0 aliphatic heterocycles. The van der Waals surface area contributed by atoms with Crippen LogP contribution in [0.5, 0.6) is 0 Å². The predicted octanol–water partition coefficient (Wildman–Crippen LogP) is 25.6. The normalized spacial score (nSPS) is 12.4. The van der Waals surface area contributed by atoms with Gasteiger partial charge in [0.15, 0.2) is 57.8 Å². The Labute approximate surface area is 756 Å². The summed E-state index contributed by atoms with van der Waals surface area (Å²) in [5, 5.41) is 10.4. The highest BCUT2D eigenvalue weighted by atomic mass is 16.2. The van der Waals surface area contributed by atoms with Crippen molar-refractivity contribution in [3.63, 3.8) is 0 Å². The van der Waals surface area contributed by atoms with E-state index in [1.54, 1.807) is 243 Å². The summed E-state index contributed by atoms with van der Waals surface area (Å²) in [6, 6.07) is 137. The van der Waals surface area contributed by atoms with Gasteiger partial charge in [-0.05, 0) is 48.5 Å². The van der Waals surface area contributed by atoms with E-state index in [4.69, 9.17) is 0 Å². The summed E-state index contributed by atoms with van der Waals surface area (Å²) in [5.41, 5.74) is 19.8. The first-order chi connectivity index (χ1) is 64.7. The Bertz CT molecular complexity index is 6630. The molecule has 5 aliphatic rings. The summed E-state index contributed by atoms with van der Waals surface area (Å²) >= 11 is 0. The van der Waals surface area contributed by atoms with Crippen molar-refractivity contribution in [3.05, 3.63) is 548 Å². The number of carbonyl (C=O) groups is 10. The van der Waals surface area contributed by atoms with Crippen molar-refractivity contribution >= 4 is 145 Å².